The fourth-order valence-electron chi connectivity index (χ4n) is 9.48. The Labute approximate surface area is 382 Å². The average Bonchev–Trinajstić information content (AvgIpc) is 3.57. The molecule has 3 saturated heterocycles. The number of halogens is 1. The number of carbonyl (C=O) groups excluding carboxylic acids is 3. The number of esters is 2. The van der Waals surface area contributed by atoms with Crippen LogP contribution >= 0.6 is 11.6 Å². The van der Waals surface area contributed by atoms with Crippen LogP contribution in [-0.2, 0) is 65.3 Å². The number of carbonyl (C=O) groups is 3. The molecule has 17 heteroatoms. The van der Waals surface area contributed by atoms with E-state index in [0.29, 0.717) is 23.6 Å². The Morgan fingerprint density at radius 2 is 1.73 bits per heavy atom. The number of aromatic nitrogens is 2. The summed E-state index contributed by atoms with van der Waals surface area (Å²) in [6.45, 7) is 16.4. The number of oxime groups is 1. The maximum absolute atomic E-state index is 14.6. The highest BCUT2D eigenvalue weighted by molar-refractivity contribution is 6.31. The van der Waals surface area contributed by atoms with E-state index in [2.05, 4.69) is 9.97 Å². The van der Waals surface area contributed by atoms with E-state index in [-0.39, 0.29) is 31.6 Å². The van der Waals surface area contributed by atoms with Crippen LogP contribution < -0.4 is 0 Å². The molecule has 0 saturated carbocycles. The molecule has 2 aromatic rings. The molecule has 3 aliphatic heterocycles. The molecule has 0 N–H and O–H groups in total. The second kappa shape index (κ2) is 22.2. The number of likely N-dealkylation sites (N-methyl/N-ethyl adjacent to an activating group) is 1. The third-order valence-electron chi connectivity index (χ3n) is 12.9. The minimum absolute atomic E-state index is 0.0594. The van der Waals surface area contributed by atoms with E-state index in [1.807, 2.05) is 84.8 Å². The lowest BCUT2D eigenvalue weighted by Crippen LogP contribution is -2.61. The van der Waals surface area contributed by atoms with E-state index >= 15 is 0 Å². The zero-order chi connectivity index (χ0) is 46.9. The molecule has 1 aromatic heterocycles. The lowest BCUT2D eigenvalue weighted by molar-refractivity contribution is -0.303. The van der Waals surface area contributed by atoms with Crippen molar-refractivity contribution < 1.29 is 57.1 Å². The lowest BCUT2D eigenvalue weighted by atomic mass is 9.73. The van der Waals surface area contributed by atoms with Gasteiger partial charge in [0, 0.05) is 54.8 Å². The third kappa shape index (κ3) is 11.9. The van der Waals surface area contributed by atoms with E-state index in [9.17, 15) is 14.4 Å². The fraction of sp³-hybridized carbons (Fsp3) is 0.660. The monoisotopic (exact) mass is 914 g/mol. The Hall–Kier alpha value is -4.35. The van der Waals surface area contributed by atoms with E-state index in [1.165, 1.54) is 13.3 Å². The highest BCUT2D eigenvalue weighted by atomic mass is 35.5. The summed E-state index contributed by atoms with van der Waals surface area (Å²) in [7, 11) is 5.43. The molecule has 0 amide bonds. The van der Waals surface area contributed by atoms with Crippen LogP contribution in [0.25, 0.3) is 0 Å². The summed E-state index contributed by atoms with van der Waals surface area (Å²) in [6.07, 6.45) is 3.08. The molecular formula is C47H67ClN4O12. The number of ether oxygens (including phenoxy) is 8. The van der Waals surface area contributed by atoms with Crippen LogP contribution in [0.2, 0.25) is 5.02 Å². The topological polar surface area (TPSA) is 176 Å². The van der Waals surface area contributed by atoms with Crippen molar-refractivity contribution >= 4 is 35.4 Å². The van der Waals surface area contributed by atoms with Crippen LogP contribution in [0.1, 0.15) is 92.7 Å². The molecule has 0 spiro atoms. The van der Waals surface area contributed by atoms with E-state index < -0.39 is 89.8 Å². The number of hydrogen-bond donors (Lipinski definition) is 0. The molecule has 354 valence electrons. The van der Waals surface area contributed by atoms with E-state index in [0.717, 1.165) is 11.1 Å². The fourth-order valence-corrected chi connectivity index (χ4v) is 9.67. The van der Waals surface area contributed by atoms with Crippen molar-refractivity contribution in [1.29, 1.82) is 0 Å². The van der Waals surface area contributed by atoms with Gasteiger partial charge >= 0.3 is 18.1 Å². The van der Waals surface area contributed by atoms with Gasteiger partial charge in [-0.15, -0.1) is 0 Å². The zero-order valence-corrected chi connectivity index (χ0v) is 40.0. The lowest BCUT2D eigenvalue weighted by Gasteiger charge is -2.49. The Bertz CT molecular complexity index is 1940. The molecular weight excluding hydrogens is 848 g/mol. The van der Waals surface area contributed by atoms with E-state index in [1.54, 1.807) is 45.7 Å². The van der Waals surface area contributed by atoms with Crippen molar-refractivity contribution in [3.8, 4) is 0 Å². The second-order valence-corrected chi connectivity index (χ2v) is 18.4. The first-order valence-electron chi connectivity index (χ1n) is 22.1. The van der Waals surface area contributed by atoms with Crippen LogP contribution in [0.4, 0.5) is 4.79 Å². The first kappa shape index (κ1) is 50.6. The number of fused-ring (bicyclic) bond motifs is 1. The van der Waals surface area contributed by atoms with Crippen LogP contribution in [0.3, 0.4) is 0 Å². The number of rotatable bonds is 13. The van der Waals surface area contributed by atoms with Gasteiger partial charge in [-0.2, -0.15) is 0 Å². The summed E-state index contributed by atoms with van der Waals surface area (Å²) in [6, 6.07) is 7.06. The largest absolute Gasteiger partial charge is 0.509 e. The Balaban J connectivity index is 1.66. The summed E-state index contributed by atoms with van der Waals surface area (Å²) < 4.78 is 51.1. The number of benzene rings is 1. The maximum atomic E-state index is 14.6. The van der Waals surface area contributed by atoms with Gasteiger partial charge in [-0.05, 0) is 85.2 Å². The van der Waals surface area contributed by atoms with Gasteiger partial charge in [0.25, 0.3) is 0 Å². The first-order chi connectivity index (χ1) is 30.3. The summed E-state index contributed by atoms with van der Waals surface area (Å²) in [5.41, 5.74) is -0.511. The molecule has 3 aliphatic rings. The van der Waals surface area contributed by atoms with Crippen molar-refractivity contribution in [2.45, 2.75) is 155 Å². The zero-order valence-electron chi connectivity index (χ0n) is 39.2. The molecule has 1 aromatic carbocycles. The molecule has 3 fully saturated rings. The molecule has 0 bridgehead atoms. The first-order valence-corrected chi connectivity index (χ1v) is 22.5. The predicted molar refractivity (Wildman–Crippen MR) is 237 cm³/mol. The minimum atomic E-state index is -1.42. The summed E-state index contributed by atoms with van der Waals surface area (Å²) in [4.78, 5) is 56.7. The highest BCUT2D eigenvalue weighted by Crippen LogP contribution is 2.43. The SMILES string of the molecule is CC[C@H]1OC(=O)[C@H](C)[C@@H](O/C=C\Cc2cncnc2)[C@H](C)[C@@H](O[C@@H]2O[C@H](C)C[C@H](N(C)C)[C@H]2OC(C)=O)[C@](C)(OC)C[C@@H](C)/C(=N\OCc2ccccc2Cl)[C@H](C)[C@H]2OC(=O)O[C@@]21C. The quantitative estimate of drug-likeness (QED) is 0.0836. The van der Waals surface area contributed by atoms with Crippen LogP contribution in [-0.4, -0.2) is 120 Å². The van der Waals surface area contributed by atoms with Gasteiger partial charge in [-0.3, -0.25) is 9.59 Å². The summed E-state index contributed by atoms with van der Waals surface area (Å²) in [5, 5.41) is 5.28. The van der Waals surface area contributed by atoms with Crippen molar-refractivity contribution in [2.24, 2.45) is 28.8 Å². The van der Waals surface area contributed by atoms with Crippen LogP contribution in [0.15, 0.2) is 60.5 Å². The summed E-state index contributed by atoms with van der Waals surface area (Å²) in [5.74, 6) is -3.71. The number of nitrogens with zero attached hydrogens (tertiary/aromatic N) is 4. The van der Waals surface area contributed by atoms with Gasteiger partial charge < -0.3 is 47.6 Å². The minimum Gasteiger partial charge on any atom is -0.497 e. The van der Waals surface area contributed by atoms with Crippen molar-refractivity contribution in [2.75, 3.05) is 21.2 Å². The molecule has 0 unspecified atom stereocenters. The van der Waals surface area contributed by atoms with Gasteiger partial charge in [0.15, 0.2) is 24.1 Å². The summed E-state index contributed by atoms with van der Waals surface area (Å²) >= 11 is 6.50. The molecule has 64 heavy (non-hydrogen) atoms. The Kier molecular flexibility index (Phi) is 17.6. The van der Waals surface area contributed by atoms with Crippen molar-refractivity contribution in [3.63, 3.8) is 0 Å². The van der Waals surface area contributed by atoms with Gasteiger partial charge in [0.2, 0.25) is 0 Å². The second-order valence-electron chi connectivity index (χ2n) is 18.0. The third-order valence-corrected chi connectivity index (χ3v) is 13.3. The van der Waals surface area contributed by atoms with Crippen molar-refractivity contribution in [1.82, 2.24) is 14.9 Å². The van der Waals surface area contributed by atoms with Gasteiger partial charge in [-0.1, -0.05) is 62.7 Å². The highest BCUT2D eigenvalue weighted by Gasteiger charge is 2.59. The normalized spacial score (nSPS) is 35.8. The number of cyclic esters (lactones) is 1. The molecule has 14 atom stereocenters. The van der Waals surface area contributed by atoms with Crippen molar-refractivity contribution in [3.05, 3.63) is 71.5 Å². The molecule has 0 radical (unpaired) electrons. The van der Waals surface area contributed by atoms with Gasteiger partial charge in [-0.25, -0.2) is 14.8 Å². The predicted octanol–water partition coefficient (Wildman–Crippen LogP) is 7.50. The Morgan fingerprint density at radius 1 is 1.03 bits per heavy atom. The van der Waals surface area contributed by atoms with E-state index in [4.69, 9.17) is 59.5 Å². The molecule has 4 heterocycles. The Morgan fingerprint density at radius 3 is 2.38 bits per heavy atom. The average molecular weight is 916 g/mol. The van der Waals surface area contributed by atoms with Gasteiger partial charge in [0.1, 0.15) is 25.1 Å². The standard InChI is InChI=1S/C47H67ClN4O12/c1-13-37-47(9)42(63-45(55)64-47)29(4)38(51-58-25-34-18-14-15-19-35(34)48)27(2)22-46(8,56-12)41(62-44-40(60-32(7)53)36(52(10)11)21-28(3)59-44)30(5)39(31(6)43(54)61-37)57-20-16-17-33-23-49-26-50-24-33/h14-16,18-20,23-24,26-31,36-37,39-42,44H,13,17,21-22,25H2,1-12H3/b20-16-,51-38+/t27-,28-,29+,30+,31-,36+,37-,39+,40-,41-,42-,44+,46-,47-/m1/s1. The van der Waals surface area contributed by atoms with Crippen LogP contribution in [0.5, 0.6) is 0 Å². The van der Waals surface area contributed by atoms with Gasteiger partial charge in [0.05, 0.1) is 41.7 Å². The maximum Gasteiger partial charge on any atom is 0.509 e. The molecule has 0 aliphatic carbocycles. The smallest absolute Gasteiger partial charge is 0.497 e. The number of hydrogen-bond acceptors (Lipinski definition) is 16. The number of methoxy groups -OCH3 is 1. The molecule has 16 nitrogen and oxygen atoms in total. The number of allylic oxidation sites excluding steroid dienone is 1. The molecule has 5 rings (SSSR count). The van der Waals surface area contributed by atoms with Crippen LogP contribution in [0, 0.1) is 23.7 Å².